The second-order valence-corrected chi connectivity index (χ2v) is 16.3. The predicted octanol–water partition coefficient (Wildman–Crippen LogP) is 5.11. The van der Waals surface area contributed by atoms with Crippen LogP contribution < -0.4 is 5.32 Å². The molecule has 3 saturated heterocycles. The highest BCUT2D eigenvalue weighted by Crippen LogP contribution is 2.40. The van der Waals surface area contributed by atoms with Gasteiger partial charge >= 0.3 is 12.1 Å². The Bertz CT molecular complexity index is 1750. The Morgan fingerprint density at radius 2 is 1.76 bits per heavy atom. The maximum atomic E-state index is 14.4. The molecule has 4 heterocycles. The third kappa shape index (κ3) is 8.96. The highest BCUT2D eigenvalue weighted by molar-refractivity contribution is 6.00. The van der Waals surface area contributed by atoms with Crippen molar-refractivity contribution in [2.45, 2.75) is 129 Å². The Hall–Kier alpha value is -3.75. The number of amides is 1. The predicted molar refractivity (Wildman–Crippen MR) is 206 cm³/mol. The number of nitrogens with zero attached hydrogens (tertiary/aromatic N) is 2. The lowest BCUT2D eigenvalue weighted by molar-refractivity contribution is -0.296. The first-order chi connectivity index (χ1) is 25.9. The molecule has 5 rings (SSSR count). The van der Waals surface area contributed by atoms with Crippen molar-refractivity contribution in [2.75, 3.05) is 20.7 Å². The molecule has 2 aromatic rings. The number of benzene rings is 1. The molecule has 302 valence electrons. The van der Waals surface area contributed by atoms with Crippen molar-refractivity contribution in [3.63, 3.8) is 0 Å². The van der Waals surface area contributed by atoms with Crippen LogP contribution in [-0.2, 0) is 38.1 Å². The summed E-state index contributed by atoms with van der Waals surface area (Å²) in [5, 5.41) is 15.4. The van der Waals surface area contributed by atoms with Gasteiger partial charge in [-0.25, -0.2) is 4.79 Å². The number of aliphatic hydroxyl groups excluding tert-OH is 1. The molecule has 0 spiro atoms. The van der Waals surface area contributed by atoms with E-state index in [-0.39, 0.29) is 37.4 Å². The minimum Gasteiger partial charge on any atom is -0.458 e. The van der Waals surface area contributed by atoms with Gasteiger partial charge in [-0.05, 0) is 78.7 Å². The van der Waals surface area contributed by atoms with Crippen molar-refractivity contribution in [2.24, 2.45) is 23.7 Å². The van der Waals surface area contributed by atoms with Gasteiger partial charge in [0.2, 0.25) is 0 Å². The zero-order valence-electron chi connectivity index (χ0n) is 33.8. The number of hydrogen-bond acceptors (Lipinski definition) is 12. The van der Waals surface area contributed by atoms with E-state index >= 15 is 0 Å². The number of Topliss-reactive ketones (excluding diaryl/α,β-unsaturated/α-hetero) is 2. The molecule has 1 aromatic heterocycles. The molecule has 1 aromatic carbocycles. The average Bonchev–Trinajstić information content (AvgIpc) is 3.47. The van der Waals surface area contributed by atoms with Crippen LogP contribution in [-0.4, -0.2) is 113 Å². The van der Waals surface area contributed by atoms with Gasteiger partial charge in [-0.1, -0.05) is 58.0 Å². The van der Waals surface area contributed by atoms with Crippen molar-refractivity contribution >= 4 is 40.6 Å². The van der Waals surface area contributed by atoms with Crippen LogP contribution in [0.25, 0.3) is 17.0 Å². The Balaban J connectivity index is 1.56. The van der Waals surface area contributed by atoms with Crippen LogP contribution in [0.5, 0.6) is 0 Å². The number of nitrogens with one attached hydrogen (secondary N) is 1. The van der Waals surface area contributed by atoms with E-state index in [1.807, 2.05) is 68.4 Å². The SMILES string of the molecule is CC[C@@H]1OC(=O)[C@H](C)C(=O)[C@H](C)[C@@H](O[C@@H]2O[C@H](C)C[C@H](N(C)C)[C@H]2O)[C@@](C)(OC/C=C/c2ccc3cccnc3c2)C[C@@H](C)C(=O)[C@@H](C)[C@H]2NC(=O)O[C@]12C. The third-order valence-corrected chi connectivity index (χ3v) is 11.9. The lowest BCUT2D eigenvalue weighted by Crippen LogP contribution is -2.60. The molecule has 3 aliphatic rings. The fraction of sp³-hybridized carbons (Fsp3) is 0.643. The summed E-state index contributed by atoms with van der Waals surface area (Å²) in [7, 11) is 3.74. The number of fused-ring (bicyclic) bond motifs is 2. The van der Waals surface area contributed by atoms with Gasteiger partial charge in [-0.2, -0.15) is 0 Å². The van der Waals surface area contributed by atoms with Crippen molar-refractivity contribution < 1.29 is 48.0 Å². The number of hydrogen-bond donors (Lipinski definition) is 2. The van der Waals surface area contributed by atoms with Crippen LogP contribution in [0.3, 0.4) is 0 Å². The summed E-state index contributed by atoms with van der Waals surface area (Å²) in [5.74, 6) is -5.11. The number of carbonyl (C=O) groups is 4. The van der Waals surface area contributed by atoms with E-state index in [2.05, 4.69) is 10.3 Å². The van der Waals surface area contributed by atoms with Gasteiger partial charge in [-0.3, -0.25) is 19.4 Å². The Kier molecular flexibility index (Phi) is 13.2. The first kappa shape index (κ1) is 42.4. The number of alkyl carbamates (subject to hydrolysis) is 1. The molecule has 2 N–H and O–H groups in total. The van der Waals surface area contributed by atoms with Gasteiger partial charge in [0.15, 0.2) is 17.7 Å². The molecule has 0 saturated carbocycles. The third-order valence-electron chi connectivity index (χ3n) is 11.9. The van der Waals surface area contributed by atoms with Gasteiger partial charge in [0.05, 0.1) is 36.0 Å². The fourth-order valence-electron chi connectivity index (χ4n) is 8.74. The molecular formula is C42H59N3O10. The minimum atomic E-state index is -1.38. The Morgan fingerprint density at radius 3 is 2.45 bits per heavy atom. The number of rotatable bonds is 8. The summed E-state index contributed by atoms with van der Waals surface area (Å²) in [6.45, 7) is 13.9. The van der Waals surface area contributed by atoms with Crippen LogP contribution >= 0.6 is 0 Å². The molecule has 3 fully saturated rings. The summed E-state index contributed by atoms with van der Waals surface area (Å²) in [6.07, 6.45) is 1.14. The van der Waals surface area contributed by atoms with Crippen molar-refractivity contribution in [1.82, 2.24) is 15.2 Å². The second-order valence-electron chi connectivity index (χ2n) is 16.3. The molecular weight excluding hydrogens is 706 g/mol. The highest BCUT2D eigenvalue weighted by atomic mass is 16.7. The molecule has 0 aliphatic carbocycles. The van der Waals surface area contributed by atoms with Crippen molar-refractivity contribution in [3.8, 4) is 0 Å². The van der Waals surface area contributed by atoms with Gasteiger partial charge in [0.1, 0.15) is 23.9 Å². The zero-order valence-corrected chi connectivity index (χ0v) is 33.8. The fourth-order valence-corrected chi connectivity index (χ4v) is 8.74. The van der Waals surface area contributed by atoms with Gasteiger partial charge < -0.3 is 39.0 Å². The summed E-state index contributed by atoms with van der Waals surface area (Å²) < 4.78 is 31.4. The molecule has 13 nitrogen and oxygen atoms in total. The molecule has 0 radical (unpaired) electrons. The number of cyclic esters (lactones) is 1. The number of esters is 1. The number of aromatic nitrogens is 1. The summed E-state index contributed by atoms with van der Waals surface area (Å²) in [6, 6.07) is 8.68. The smallest absolute Gasteiger partial charge is 0.408 e. The molecule has 3 aliphatic heterocycles. The topological polar surface area (TPSA) is 163 Å². The number of ketones is 2. The Labute approximate surface area is 324 Å². The van der Waals surface area contributed by atoms with E-state index in [1.165, 1.54) is 6.92 Å². The van der Waals surface area contributed by atoms with Gasteiger partial charge in [0, 0.05) is 35.4 Å². The minimum absolute atomic E-state index is 0.0686. The van der Waals surface area contributed by atoms with Crippen LogP contribution in [0.2, 0.25) is 0 Å². The normalized spacial score (nSPS) is 38.1. The van der Waals surface area contributed by atoms with Crippen LogP contribution in [0.1, 0.15) is 80.2 Å². The summed E-state index contributed by atoms with van der Waals surface area (Å²) in [5.41, 5.74) is -0.976. The van der Waals surface area contributed by atoms with Crippen LogP contribution in [0.4, 0.5) is 4.79 Å². The molecule has 0 unspecified atom stereocenters. The number of ether oxygens (including phenoxy) is 5. The monoisotopic (exact) mass is 765 g/mol. The molecule has 0 bridgehead atoms. The van der Waals surface area contributed by atoms with E-state index in [0.717, 1.165) is 16.5 Å². The van der Waals surface area contributed by atoms with E-state index in [4.69, 9.17) is 23.7 Å². The summed E-state index contributed by atoms with van der Waals surface area (Å²) >= 11 is 0. The molecule has 13 atom stereocenters. The number of likely N-dealkylation sites (N-methyl/N-ethyl adjacent to an activating group) is 1. The van der Waals surface area contributed by atoms with Crippen molar-refractivity contribution in [1.29, 1.82) is 0 Å². The first-order valence-electron chi connectivity index (χ1n) is 19.5. The van der Waals surface area contributed by atoms with E-state index in [1.54, 1.807) is 47.7 Å². The van der Waals surface area contributed by atoms with E-state index in [9.17, 15) is 24.3 Å². The van der Waals surface area contributed by atoms with E-state index in [0.29, 0.717) is 6.42 Å². The maximum Gasteiger partial charge on any atom is 0.408 e. The van der Waals surface area contributed by atoms with Gasteiger partial charge in [0.25, 0.3) is 0 Å². The largest absolute Gasteiger partial charge is 0.458 e. The standard InChI is InChI=1S/C42H59N3O10/c1-11-32-42(8)36(44-40(50)55-42)25(4)33(46)23(2)22-41(7,51-19-13-14-28-16-17-29-15-12-18-43-30(29)21-28)37(26(5)34(47)27(6)38(49)53-32)54-39-35(48)31(45(9)10)20-24(3)52-39/h12-18,21,23-27,31-32,35-37,39,48H,11,19-20,22H2,1-10H3,(H,44,50)/b14-13+/t23-,24-,25-,26+,27-,31+,32+,35-,36-,37-,39+,41+,42-/m1/s1. The number of aliphatic hydroxyl groups is 1. The van der Waals surface area contributed by atoms with Crippen LogP contribution in [0, 0.1) is 23.7 Å². The number of pyridine rings is 1. The zero-order chi connectivity index (χ0) is 40.4. The average molecular weight is 766 g/mol. The molecule has 13 heteroatoms. The highest BCUT2D eigenvalue weighted by Gasteiger charge is 2.57. The van der Waals surface area contributed by atoms with Gasteiger partial charge in [-0.15, -0.1) is 0 Å². The second kappa shape index (κ2) is 17.2. The maximum absolute atomic E-state index is 14.4. The molecule has 1 amide bonds. The number of carbonyl (C=O) groups excluding carboxylic acids is 4. The van der Waals surface area contributed by atoms with Crippen LogP contribution in [0.15, 0.2) is 42.6 Å². The molecule has 55 heavy (non-hydrogen) atoms. The lowest BCUT2D eigenvalue weighted by Gasteiger charge is -2.47. The first-order valence-corrected chi connectivity index (χ1v) is 19.5. The van der Waals surface area contributed by atoms with Crippen molar-refractivity contribution in [3.05, 3.63) is 48.2 Å². The van der Waals surface area contributed by atoms with E-state index < -0.39 is 83.4 Å². The Morgan fingerprint density at radius 1 is 1.04 bits per heavy atom. The quantitative estimate of drug-likeness (QED) is 0.270. The lowest BCUT2D eigenvalue weighted by atomic mass is 9.73. The summed E-state index contributed by atoms with van der Waals surface area (Å²) in [4.78, 5) is 61.7.